The maximum atomic E-state index is 0. The average Bonchev–Trinajstić information content (AvgIpc) is 0. The van der Waals surface area contributed by atoms with Crippen molar-refractivity contribution in [2.24, 2.45) is 0 Å². The summed E-state index contributed by atoms with van der Waals surface area (Å²) in [7, 11) is 0. The van der Waals surface area contributed by atoms with E-state index in [9.17, 15) is 0 Å². The molecule has 0 unspecified atom stereocenters. The van der Waals surface area contributed by atoms with E-state index >= 15 is 0 Å². The van der Waals surface area contributed by atoms with E-state index in [0.29, 0.717) is 0 Å². The van der Waals surface area contributed by atoms with E-state index in [1.165, 1.54) is 0 Å². The van der Waals surface area contributed by atoms with Gasteiger partial charge in [0.05, 0.1) is 0 Å². The van der Waals surface area contributed by atoms with Crippen LogP contribution in [0.4, 0.5) is 0 Å². The number of hydrogen-bond donors (Lipinski definition) is 0. The topological polar surface area (TPSA) is 0 Å². The summed E-state index contributed by atoms with van der Waals surface area (Å²) in [6.45, 7) is 0. The average molecular weight is 277 g/mol. The van der Waals surface area contributed by atoms with Crippen molar-refractivity contribution >= 4 is 11.0 Å². The molecule has 1 radical (unpaired) electrons. The van der Waals surface area contributed by atoms with Crippen molar-refractivity contribution in [1.29, 1.82) is 0 Å². The van der Waals surface area contributed by atoms with Crippen molar-refractivity contribution in [2.75, 3.05) is 0 Å². The predicted molar refractivity (Wildman–Crippen MR) is 18.1 cm³/mol. The van der Waals surface area contributed by atoms with Crippen LogP contribution in [0.1, 0.15) is 7.43 Å². The molecule has 0 saturated carbocycles. The molecule has 3 heteroatoms. The van der Waals surface area contributed by atoms with Crippen molar-refractivity contribution in [1.82, 2.24) is 0 Å². The molecule has 0 bridgehead atoms. The Bertz CT molecular complexity index is 8.00. The molecule has 0 nitrogen and oxygen atoms in total. The fourth-order valence-electron chi connectivity index (χ4n) is 0. The fraction of sp³-hybridized carbons (Fsp3) is 1.00. The molecule has 25 valence electrons. The summed E-state index contributed by atoms with van der Waals surface area (Å²) in [5, 5.41) is 0. The van der Waals surface area contributed by atoms with Crippen molar-refractivity contribution in [2.45, 2.75) is 7.43 Å². The molecule has 0 aromatic heterocycles. The Morgan fingerprint density at radius 1 is 1.00 bits per heavy atom. The molecule has 0 aliphatic carbocycles. The number of rotatable bonds is 0. The normalized spacial score (nSPS) is 0. The second-order valence-electron chi connectivity index (χ2n) is 0. The van der Waals surface area contributed by atoms with Crippen molar-refractivity contribution < 1.29 is 44.1 Å². The minimum absolute atomic E-state index is 0. The third-order valence-corrected chi connectivity index (χ3v) is 0. The maximum absolute atomic E-state index is 0. The molecule has 0 saturated heterocycles. The molecular formula is CH8SiTaTi. The second-order valence-corrected chi connectivity index (χ2v) is 0. The van der Waals surface area contributed by atoms with Gasteiger partial charge in [0.2, 0.25) is 0 Å². The fourth-order valence-corrected chi connectivity index (χ4v) is 0. The van der Waals surface area contributed by atoms with E-state index in [2.05, 4.69) is 0 Å². The van der Waals surface area contributed by atoms with Crippen LogP contribution in [0.5, 0.6) is 0 Å². The van der Waals surface area contributed by atoms with Crippen molar-refractivity contribution in [3.05, 3.63) is 0 Å². The van der Waals surface area contributed by atoms with Gasteiger partial charge in [-0.05, 0) is 11.0 Å². The Kier molecular flexibility index (Phi) is 250. The summed E-state index contributed by atoms with van der Waals surface area (Å²) in [5.41, 5.74) is 0. The summed E-state index contributed by atoms with van der Waals surface area (Å²) in [6, 6.07) is 0. The summed E-state index contributed by atoms with van der Waals surface area (Å²) >= 11 is 0. The van der Waals surface area contributed by atoms with Crippen molar-refractivity contribution in [3.63, 3.8) is 0 Å². The smallest absolute Gasteiger partial charge is 0 e. The Labute approximate surface area is 62.2 Å². The Balaban J connectivity index is 0. The third-order valence-electron chi connectivity index (χ3n) is 0. The molecule has 0 aliphatic rings. The zero-order valence-electron chi connectivity index (χ0n) is 0.947. The quantitative estimate of drug-likeness (QED) is 0.508. The summed E-state index contributed by atoms with van der Waals surface area (Å²) in [4.78, 5) is 0. The Morgan fingerprint density at radius 2 is 1.00 bits per heavy atom. The van der Waals surface area contributed by atoms with Gasteiger partial charge in [0, 0.05) is 44.1 Å². The first-order chi connectivity index (χ1) is 0. The summed E-state index contributed by atoms with van der Waals surface area (Å²) < 4.78 is 0. The van der Waals surface area contributed by atoms with E-state index in [-0.39, 0.29) is 62.5 Å². The molecule has 4 heavy (non-hydrogen) atoms. The number of hydrogen-bond acceptors (Lipinski definition) is 0. The first-order valence-corrected chi connectivity index (χ1v) is 0. The minimum Gasteiger partial charge on any atom is -0.0776 e. The van der Waals surface area contributed by atoms with Crippen LogP contribution in [-0.2, 0) is 44.1 Å². The Morgan fingerprint density at radius 3 is 1.00 bits per heavy atom. The van der Waals surface area contributed by atoms with Gasteiger partial charge in [0.25, 0.3) is 0 Å². The van der Waals surface area contributed by atoms with E-state index in [4.69, 9.17) is 0 Å². The van der Waals surface area contributed by atoms with Gasteiger partial charge < -0.3 is 0 Å². The Hall–Kier alpha value is 1.67. The van der Waals surface area contributed by atoms with Crippen LogP contribution in [0.15, 0.2) is 0 Å². The molecule has 0 rings (SSSR count). The van der Waals surface area contributed by atoms with Crippen LogP contribution in [0.2, 0.25) is 0 Å². The van der Waals surface area contributed by atoms with Crippen molar-refractivity contribution in [3.8, 4) is 0 Å². The maximum Gasteiger partial charge on any atom is 0 e. The van der Waals surface area contributed by atoms with Crippen LogP contribution >= 0.6 is 0 Å². The molecule has 0 heterocycles. The van der Waals surface area contributed by atoms with Gasteiger partial charge >= 0.3 is 0 Å². The molecule has 0 atom stereocenters. The van der Waals surface area contributed by atoms with Gasteiger partial charge in [0.1, 0.15) is 0 Å². The molecule has 0 amide bonds. The standard InChI is InChI=1S/CH4.H4Si.Ta.Ti/h2*1H4;;. The van der Waals surface area contributed by atoms with Crippen LogP contribution in [-0.4, -0.2) is 11.0 Å². The van der Waals surface area contributed by atoms with E-state index in [0.717, 1.165) is 0 Å². The largest absolute Gasteiger partial charge is 0.0776 e. The molecular weight excluding hydrogens is 269 g/mol. The zero-order chi connectivity index (χ0) is 0. The van der Waals surface area contributed by atoms with Gasteiger partial charge in [-0.3, -0.25) is 0 Å². The van der Waals surface area contributed by atoms with Crippen LogP contribution < -0.4 is 0 Å². The predicted octanol–water partition coefficient (Wildman–Crippen LogP) is -0.821. The van der Waals surface area contributed by atoms with Gasteiger partial charge in [0.15, 0.2) is 0 Å². The van der Waals surface area contributed by atoms with E-state index in [1.54, 1.807) is 0 Å². The molecule has 0 fully saturated rings. The van der Waals surface area contributed by atoms with Gasteiger partial charge in [-0.1, -0.05) is 7.43 Å². The van der Waals surface area contributed by atoms with E-state index < -0.39 is 0 Å². The second kappa shape index (κ2) is 22.5. The molecule has 0 N–H and O–H groups in total. The molecule has 0 aromatic carbocycles. The van der Waals surface area contributed by atoms with Gasteiger partial charge in [-0.2, -0.15) is 0 Å². The molecule has 0 spiro atoms. The first kappa shape index (κ1) is 44.3. The van der Waals surface area contributed by atoms with Crippen LogP contribution in [0, 0.1) is 0 Å². The molecule has 0 aliphatic heterocycles. The summed E-state index contributed by atoms with van der Waals surface area (Å²) in [5.74, 6) is 0. The minimum atomic E-state index is 0. The monoisotopic (exact) mass is 277 g/mol. The summed E-state index contributed by atoms with van der Waals surface area (Å²) in [6.07, 6.45) is 0. The van der Waals surface area contributed by atoms with E-state index in [1.807, 2.05) is 0 Å². The van der Waals surface area contributed by atoms with Crippen LogP contribution in [0.3, 0.4) is 0 Å². The first-order valence-electron chi connectivity index (χ1n) is 0. The SMILES string of the molecule is C.[SiH4].[Ta].[Ti]. The van der Waals surface area contributed by atoms with Crippen LogP contribution in [0.25, 0.3) is 0 Å². The van der Waals surface area contributed by atoms with Gasteiger partial charge in [-0.15, -0.1) is 0 Å². The molecule has 0 aromatic rings. The van der Waals surface area contributed by atoms with Gasteiger partial charge in [-0.25, -0.2) is 0 Å². The third kappa shape index (κ3) is 9.38. The zero-order valence-corrected chi connectivity index (χ0v) is 5.72.